The maximum absolute atomic E-state index is 12.3. The fourth-order valence-corrected chi connectivity index (χ4v) is 3.49. The van der Waals surface area contributed by atoms with Gasteiger partial charge < -0.3 is 15.0 Å². The van der Waals surface area contributed by atoms with Crippen LogP contribution in [-0.4, -0.2) is 39.6 Å². The number of hydrogen-bond acceptors (Lipinski definition) is 5. The molecule has 0 saturated heterocycles. The average molecular weight is 414 g/mol. The Hall–Kier alpha value is -3.36. The number of carbonyl (C=O) groups is 3. The number of nitrogens with zero attached hydrogens (tertiary/aromatic N) is 1. The van der Waals surface area contributed by atoms with E-state index in [1.807, 2.05) is 0 Å². The Morgan fingerprint density at radius 1 is 1.13 bits per heavy atom. The van der Waals surface area contributed by atoms with Gasteiger partial charge in [0.15, 0.2) is 6.10 Å². The van der Waals surface area contributed by atoms with E-state index in [4.69, 9.17) is 4.74 Å². The summed E-state index contributed by atoms with van der Waals surface area (Å²) in [4.78, 5) is 50.9. The number of imide groups is 1. The van der Waals surface area contributed by atoms with Gasteiger partial charge in [-0.25, -0.2) is 14.4 Å². The molecular formula is C21H26N4O5. The highest BCUT2D eigenvalue weighted by Crippen LogP contribution is 2.17. The molecule has 1 saturated carbocycles. The Kier molecular flexibility index (Phi) is 6.71. The first-order chi connectivity index (χ1) is 14.3. The minimum atomic E-state index is -1.14. The van der Waals surface area contributed by atoms with Crippen LogP contribution >= 0.6 is 0 Å². The molecule has 3 N–H and O–H groups in total. The molecule has 0 radical (unpaired) electrons. The van der Waals surface area contributed by atoms with E-state index in [1.54, 1.807) is 25.3 Å². The highest BCUT2D eigenvalue weighted by molar-refractivity contribution is 5.98. The fraction of sp³-hybridized carbons (Fsp3) is 0.429. The van der Waals surface area contributed by atoms with E-state index in [0.717, 1.165) is 37.8 Å². The van der Waals surface area contributed by atoms with Crippen molar-refractivity contribution in [3.8, 4) is 5.69 Å². The third-order valence-electron chi connectivity index (χ3n) is 5.15. The van der Waals surface area contributed by atoms with Crippen LogP contribution in [0.5, 0.6) is 0 Å². The van der Waals surface area contributed by atoms with Crippen molar-refractivity contribution in [1.29, 1.82) is 0 Å². The first-order valence-corrected chi connectivity index (χ1v) is 10.0. The second kappa shape index (κ2) is 9.43. The summed E-state index contributed by atoms with van der Waals surface area (Å²) >= 11 is 0. The molecule has 1 aliphatic rings. The number of benzene rings is 1. The number of ether oxygens (including phenoxy) is 1. The summed E-state index contributed by atoms with van der Waals surface area (Å²) in [5.41, 5.74) is 1.28. The first kappa shape index (κ1) is 21.4. The molecule has 1 atom stereocenters. The SMILES string of the molecule is Cc1c[nH]c(=O)n1-c1ccc(C(=O)O[C@@H](C)C(=O)NC(=O)NC2CCCCC2)cc1. The molecule has 0 unspecified atom stereocenters. The van der Waals surface area contributed by atoms with E-state index in [1.165, 1.54) is 23.6 Å². The van der Waals surface area contributed by atoms with Gasteiger partial charge in [-0.3, -0.25) is 14.7 Å². The topological polar surface area (TPSA) is 122 Å². The van der Waals surface area contributed by atoms with Gasteiger partial charge in [-0.05, 0) is 51.0 Å². The van der Waals surface area contributed by atoms with Crippen LogP contribution in [0.4, 0.5) is 4.79 Å². The molecule has 160 valence electrons. The van der Waals surface area contributed by atoms with Crippen molar-refractivity contribution in [1.82, 2.24) is 20.2 Å². The zero-order valence-corrected chi connectivity index (χ0v) is 17.1. The lowest BCUT2D eigenvalue weighted by molar-refractivity contribution is -0.127. The van der Waals surface area contributed by atoms with Crippen LogP contribution < -0.4 is 16.3 Å². The Balaban J connectivity index is 1.53. The Morgan fingerprint density at radius 3 is 2.40 bits per heavy atom. The average Bonchev–Trinajstić information content (AvgIpc) is 3.06. The monoisotopic (exact) mass is 414 g/mol. The Labute approximate surface area is 173 Å². The minimum absolute atomic E-state index is 0.0686. The van der Waals surface area contributed by atoms with E-state index in [0.29, 0.717) is 5.69 Å². The molecule has 30 heavy (non-hydrogen) atoms. The first-order valence-electron chi connectivity index (χ1n) is 10.0. The zero-order chi connectivity index (χ0) is 21.7. The van der Waals surface area contributed by atoms with Gasteiger partial charge in [0.25, 0.3) is 5.91 Å². The van der Waals surface area contributed by atoms with Gasteiger partial charge in [0.2, 0.25) is 0 Å². The van der Waals surface area contributed by atoms with Gasteiger partial charge in [-0.2, -0.15) is 0 Å². The Morgan fingerprint density at radius 2 is 1.80 bits per heavy atom. The largest absolute Gasteiger partial charge is 0.449 e. The third-order valence-corrected chi connectivity index (χ3v) is 5.15. The summed E-state index contributed by atoms with van der Waals surface area (Å²) in [5, 5.41) is 4.99. The smallest absolute Gasteiger partial charge is 0.338 e. The van der Waals surface area contributed by atoms with Gasteiger partial charge in [-0.15, -0.1) is 0 Å². The lowest BCUT2D eigenvalue weighted by atomic mass is 9.96. The molecule has 1 aliphatic carbocycles. The normalized spacial score (nSPS) is 15.3. The number of urea groups is 1. The highest BCUT2D eigenvalue weighted by Gasteiger charge is 2.22. The van der Waals surface area contributed by atoms with Crippen molar-refractivity contribution >= 4 is 17.9 Å². The molecule has 9 heteroatoms. The van der Waals surface area contributed by atoms with Gasteiger partial charge >= 0.3 is 17.7 Å². The molecule has 1 heterocycles. The van der Waals surface area contributed by atoms with Crippen LogP contribution in [0.25, 0.3) is 5.69 Å². The lowest BCUT2D eigenvalue weighted by Gasteiger charge is -2.23. The number of aromatic amines is 1. The van der Waals surface area contributed by atoms with Crippen molar-refractivity contribution in [3.05, 3.63) is 52.2 Å². The molecule has 3 amide bonds. The summed E-state index contributed by atoms with van der Waals surface area (Å²) in [6, 6.07) is 5.74. The molecular weight excluding hydrogens is 388 g/mol. The number of amides is 3. The van der Waals surface area contributed by atoms with Gasteiger partial charge in [0.1, 0.15) is 0 Å². The number of nitrogens with one attached hydrogen (secondary N) is 3. The zero-order valence-electron chi connectivity index (χ0n) is 17.1. The highest BCUT2D eigenvalue weighted by atomic mass is 16.5. The van der Waals surface area contributed by atoms with Crippen LogP contribution in [0, 0.1) is 6.92 Å². The van der Waals surface area contributed by atoms with E-state index in [2.05, 4.69) is 15.6 Å². The minimum Gasteiger partial charge on any atom is -0.449 e. The second-order valence-electron chi connectivity index (χ2n) is 7.46. The van der Waals surface area contributed by atoms with Crippen LogP contribution in [0.2, 0.25) is 0 Å². The summed E-state index contributed by atoms with van der Waals surface area (Å²) in [5.74, 6) is -1.39. The van der Waals surface area contributed by atoms with Crippen LogP contribution in [0.1, 0.15) is 55.1 Å². The van der Waals surface area contributed by atoms with Crippen molar-refractivity contribution in [2.45, 2.75) is 58.1 Å². The number of aromatic nitrogens is 2. The standard InChI is InChI=1S/C21H26N4O5/c1-13-12-22-21(29)25(13)17-10-8-15(9-11-17)19(27)30-14(2)18(26)24-20(28)23-16-6-4-3-5-7-16/h8-12,14,16H,3-7H2,1-2H3,(H,22,29)(H2,23,24,26,28)/t14-/m0/s1. The number of H-pyrrole nitrogens is 1. The molecule has 1 aromatic carbocycles. The molecule has 1 fully saturated rings. The van der Waals surface area contributed by atoms with Crippen molar-refractivity contribution in [2.24, 2.45) is 0 Å². The molecule has 2 aromatic rings. The summed E-state index contributed by atoms with van der Waals surface area (Å²) in [7, 11) is 0. The van der Waals surface area contributed by atoms with Gasteiger partial charge in [-0.1, -0.05) is 19.3 Å². The Bertz CT molecular complexity index is 970. The molecule has 0 spiro atoms. The number of imidazole rings is 1. The molecule has 3 rings (SSSR count). The van der Waals surface area contributed by atoms with E-state index in [9.17, 15) is 19.2 Å². The van der Waals surface area contributed by atoms with E-state index < -0.39 is 24.0 Å². The maximum atomic E-state index is 12.3. The predicted molar refractivity (Wildman–Crippen MR) is 110 cm³/mol. The van der Waals surface area contributed by atoms with Gasteiger partial charge in [0, 0.05) is 17.9 Å². The number of aryl methyl sites for hydroxylation is 1. The summed E-state index contributed by atoms with van der Waals surface area (Å²) in [6.45, 7) is 3.18. The number of esters is 1. The van der Waals surface area contributed by atoms with Crippen molar-refractivity contribution in [2.75, 3.05) is 0 Å². The number of hydrogen-bond donors (Lipinski definition) is 3. The molecule has 0 bridgehead atoms. The third kappa shape index (κ3) is 5.16. The summed E-state index contributed by atoms with van der Waals surface area (Å²) in [6.07, 6.45) is 5.54. The van der Waals surface area contributed by atoms with Crippen molar-refractivity contribution < 1.29 is 19.1 Å². The van der Waals surface area contributed by atoms with Crippen LogP contribution in [0.3, 0.4) is 0 Å². The van der Waals surface area contributed by atoms with Crippen molar-refractivity contribution in [3.63, 3.8) is 0 Å². The van der Waals surface area contributed by atoms with Gasteiger partial charge in [0.05, 0.1) is 11.3 Å². The molecule has 1 aromatic heterocycles. The second-order valence-corrected chi connectivity index (χ2v) is 7.46. The predicted octanol–water partition coefficient (Wildman–Crippen LogP) is 2.18. The van der Waals surface area contributed by atoms with E-state index >= 15 is 0 Å². The number of carbonyl (C=O) groups excluding carboxylic acids is 3. The fourth-order valence-electron chi connectivity index (χ4n) is 3.49. The van der Waals surface area contributed by atoms with Crippen LogP contribution in [-0.2, 0) is 9.53 Å². The van der Waals surface area contributed by atoms with E-state index in [-0.39, 0.29) is 17.3 Å². The lowest BCUT2D eigenvalue weighted by Crippen LogP contribution is -2.48. The molecule has 0 aliphatic heterocycles. The molecule has 9 nitrogen and oxygen atoms in total. The van der Waals surface area contributed by atoms with Crippen LogP contribution in [0.15, 0.2) is 35.3 Å². The summed E-state index contributed by atoms with van der Waals surface area (Å²) < 4.78 is 6.63. The quantitative estimate of drug-likeness (QED) is 0.647. The maximum Gasteiger partial charge on any atom is 0.338 e. The number of rotatable bonds is 5.